The van der Waals surface area contributed by atoms with E-state index in [9.17, 15) is 0 Å². The molecule has 0 saturated carbocycles. The Balaban J connectivity index is 2.86. The van der Waals surface area contributed by atoms with Gasteiger partial charge in [0.15, 0.2) is 0 Å². The minimum absolute atomic E-state index is 0.0633. The van der Waals surface area contributed by atoms with Crippen molar-refractivity contribution in [1.29, 1.82) is 0 Å². The first kappa shape index (κ1) is 9.21. The Kier molecular flexibility index (Phi) is 7.28. The molecule has 0 saturated heterocycles. The Morgan fingerprint density at radius 3 is 2.75 bits per heavy atom. The van der Waals surface area contributed by atoms with Gasteiger partial charge >= 0.3 is 18.2 Å². The second kappa shape index (κ2) is 6.33. The molecule has 1 unspecified atom stereocenters. The molecular formula is C5H11BrMgO. The van der Waals surface area contributed by atoms with Crippen LogP contribution in [-0.2, 0) is 0 Å². The molecule has 0 amide bonds. The summed E-state index contributed by atoms with van der Waals surface area (Å²) in [6.07, 6.45) is 1.19. The van der Waals surface area contributed by atoms with Crippen LogP contribution in [0.3, 0.4) is 0 Å². The monoisotopic (exact) mass is 190 g/mol. The predicted octanol–water partition coefficient (Wildman–Crippen LogP) is 1.44. The quantitative estimate of drug-likeness (QED) is 0.667. The maximum atomic E-state index is 8.56. The number of aliphatic hydroxyl groups excluding tert-OH is 1. The van der Waals surface area contributed by atoms with Gasteiger partial charge in [-0.05, 0) is 5.92 Å². The Labute approximate surface area is 66.4 Å². The number of hydrogen-bond donors (Lipinski definition) is 1. The molecule has 0 fully saturated rings. The predicted molar refractivity (Wildman–Crippen MR) is 40.4 cm³/mol. The Hall–Kier alpha value is 1.21. The molecule has 0 aromatic rings. The summed E-state index contributed by atoms with van der Waals surface area (Å²) in [7, 11) is 0. The van der Waals surface area contributed by atoms with Gasteiger partial charge < -0.3 is 18.0 Å². The first-order valence-electron chi connectivity index (χ1n) is 2.98. The largest absolute Gasteiger partial charge is 0.468 e. The third kappa shape index (κ3) is 5.35. The van der Waals surface area contributed by atoms with Gasteiger partial charge in [-0.1, -0.05) is 13.3 Å². The second-order valence-electron chi connectivity index (χ2n) is 2.12. The van der Waals surface area contributed by atoms with Crippen molar-refractivity contribution in [3.63, 3.8) is 0 Å². The van der Waals surface area contributed by atoms with E-state index in [1.165, 1.54) is 11.0 Å². The molecule has 0 rings (SSSR count). The van der Waals surface area contributed by atoms with E-state index < -0.39 is 0 Å². The summed E-state index contributed by atoms with van der Waals surface area (Å²) in [4.78, 5) is 0. The van der Waals surface area contributed by atoms with E-state index in [2.05, 4.69) is 19.8 Å². The molecule has 0 heterocycles. The van der Waals surface area contributed by atoms with E-state index in [1.807, 2.05) is 0 Å². The maximum Gasteiger partial charge on any atom is 0.468 e. The molecule has 0 aliphatic carbocycles. The van der Waals surface area contributed by atoms with Crippen LogP contribution < -0.4 is 0 Å². The van der Waals surface area contributed by atoms with Crippen LogP contribution >= 0.6 is 12.9 Å². The molecule has 1 N–H and O–H groups in total. The van der Waals surface area contributed by atoms with Gasteiger partial charge in [-0.15, -0.1) is 4.55 Å². The molecule has 0 spiro atoms. The highest BCUT2D eigenvalue weighted by molar-refractivity contribution is 9.23. The van der Waals surface area contributed by atoms with Gasteiger partial charge in [0.2, 0.25) is 0 Å². The lowest BCUT2D eigenvalue weighted by Gasteiger charge is -2.03. The van der Waals surface area contributed by atoms with Crippen molar-refractivity contribution in [2.24, 2.45) is 5.92 Å². The van der Waals surface area contributed by atoms with Crippen LogP contribution in [-0.4, -0.2) is 29.9 Å². The van der Waals surface area contributed by atoms with Crippen molar-refractivity contribution >= 4 is 31.1 Å². The minimum atomic E-state index is 0.0633. The zero-order valence-electron chi connectivity index (χ0n) is 5.23. The van der Waals surface area contributed by atoms with Crippen molar-refractivity contribution in [1.82, 2.24) is 0 Å². The summed E-state index contributed by atoms with van der Waals surface area (Å²) in [6, 6.07) is 0. The topological polar surface area (TPSA) is 20.2 Å². The molecule has 0 aromatic heterocycles. The highest BCUT2D eigenvalue weighted by Gasteiger charge is 1.98. The van der Waals surface area contributed by atoms with Crippen LogP contribution in [0.1, 0.15) is 13.3 Å². The SMILES string of the molecule is CC(CO)C[CH2][Mg][Br]. The number of halogens is 1. The zero-order chi connectivity index (χ0) is 6.41. The average Bonchev–Trinajstić information content (AvgIpc) is 1.83. The smallest absolute Gasteiger partial charge is 0.396 e. The van der Waals surface area contributed by atoms with E-state index in [0.717, 1.165) is 0 Å². The fraction of sp³-hybridized carbons (Fsp3) is 1.00. The fourth-order valence-corrected chi connectivity index (χ4v) is 2.34. The molecule has 3 heteroatoms. The van der Waals surface area contributed by atoms with Crippen LogP contribution in [0, 0.1) is 5.92 Å². The van der Waals surface area contributed by atoms with E-state index in [4.69, 9.17) is 5.11 Å². The third-order valence-corrected chi connectivity index (χ3v) is 3.50. The second-order valence-corrected chi connectivity index (χ2v) is 5.58. The lowest BCUT2D eigenvalue weighted by Crippen LogP contribution is -1.99. The zero-order valence-corrected chi connectivity index (χ0v) is 8.23. The molecule has 0 radical (unpaired) electrons. The fourth-order valence-electron chi connectivity index (χ4n) is 0.517. The summed E-state index contributed by atoms with van der Waals surface area (Å²) >= 11 is 3.53. The highest BCUT2D eigenvalue weighted by atomic mass is 79.9. The normalized spacial score (nSPS) is 12.9. The molecule has 0 aliphatic rings. The van der Waals surface area contributed by atoms with Gasteiger partial charge in [0.25, 0.3) is 0 Å². The van der Waals surface area contributed by atoms with Crippen molar-refractivity contribution in [3.8, 4) is 0 Å². The highest BCUT2D eigenvalue weighted by Crippen LogP contribution is 2.04. The summed E-state index contributed by atoms with van der Waals surface area (Å²) < 4.78 is 1.31. The van der Waals surface area contributed by atoms with E-state index >= 15 is 0 Å². The van der Waals surface area contributed by atoms with Crippen molar-refractivity contribution in [2.75, 3.05) is 6.61 Å². The van der Waals surface area contributed by atoms with Gasteiger partial charge in [-0.25, -0.2) is 0 Å². The first-order valence-corrected chi connectivity index (χ1v) is 7.88. The van der Waals surface area contributed by atoms with Crippen molar-refractivity contribution in [3.05, 3.63) is 0 Å². The van der Waals surface area contributed by atoms with E-state index in [1.54, 1.807) is 0 Å². The van der Waals surface area contributed by atoms with Gasteiger partial charge in [0, 0.05) is 6.61 Å². The maximum absolute atomic E-state index is 8.56. The standard InChI is InChI=1S/C5H11O.BrH.Mg/c1-3-5(2)4-6;;/h5-6H,1,3-4H2,2H3;1H;/q;;+1/p-1. The Bertz CT molecular complexity index is 51.7. The van der Waals surface area contributed by atoms with Gasteiger partial charge in [-0.3, -0.25) is 0 Å². The molecule has 0 bridgehead atoms. The van der Waals surface area contributed by atoms with E-state index in [0.29, 0.717) is 12.5 Å². The molecule has 0 aliphatic heterocycles. The molecule has 8 heavy (non-hydrogen) atoms. The van der Waals surface area contributed by atoms with Crippen LogP contribution in [0.2, 0.25) is 4.55 Å². The first-order chi connectivity index (χ1) is 3.81. The van der Waals surface area contributed by atoms with Gasteiger partial charge in [-0.2, -0.15) is 0 Å². The van der Waals surface area contributed by atoms with Crippen LogP contribution in [0.5, 0.6) is 0 Å². The van der Waals surface area contributed by atoms with Crippen LogP contribution in [0.25, 0.3) is 0 Å². The lowest BCUT2D eigenvalue weighted by atomic mass is 10.1. The van der Waals surface area contributed by atoms with Gasteiger partial charge in [0.05, 0.1) is 0 Å². The average molecular weight is 191 g/mol. The third-order valence-electron chi connectivity index (χ3n) is 1.14. The van der Waals surface area contributed by atoms with Crippen molar-refractivity contribution < 1.29 is 5.11 Å². The molecule has 1 nitrogen and oxygen atoms in total. The van der Waals surface area contributed by atoms with E-state index in [-0.39, 0.29) is 18.2 Å². The summed E-state index contributed by atoms with van der Waals surface area (Å²) in [5.74, 6) is 0.514. The summed E-state index contributed by atoms with van der Waals surface area (Å²) in [5.41, 5.74) is 0. The lowest BCUT2D eigenvalue weighted by molar-refractivity contribution is 0.234. The molecule has 1 atom stereocenters. The summed E-state index contributed by atoms with van der Waals surface area (Å²) in [6.45, 7) is 2.43. The van der Waals surface area contributed by atoms with Crippen molar-refractivity contribution in [2.45, 2.75) is 17.9 Å². The molecular weight excluding hydrogens is 180 g/mol. The number of hydrogen-bond acceptors (Lipinski definition) is 1. The minimum Gasteiger partial charge on any atom is -0.396 e. The number of rotatable bonds is 4. The summed E-state index contributed by atoms with van der Waals surface area (Å²) in [5, 5.41) is 8.56. The Morgan fingerprint density at radius 1 is 1.75 bits per heavy atom. The van der Waals surface area contributed by atoms with Crippen LogP contribution in [0.4, 0.5) is 0 Å². The Morgan fingerprint density at radius 2 is 2.38 bits per heavy atom. The molecule has 0 aromatic carbocycles. The molecule has 46 valence electrons. The van der Waals surface area contributed by atoms with Crippen LogP contribution in [0.15, 0.2) is 0 Å². The van der Waals surface area contributed by atoms with Gasteiger partial charge in [0.1, 0.15) is 0 Å². The number of aliphatic hydroxyl groups is 1.